The monoisotopic (exact) mass is 387 g/mol. The number of halogens is 3. The van der Waals surface area contributed by atoms with Crippen LogP contribution in [0.5, 0.6) is 11.5 Å². The van der Waals surface area contributed by atoms with Crippen LogP contribution in [0.4, 0.5) is 0 Å². The maximum atomic E-state index is 12.2. The van der Waals surface area contributed by atoms with E-state index in [2.05, 4.69) is 0 Å². The molecule has 0 atom stereocenters. The molecule has 0 bridgehead atoms. The first-order valence-corrected chi connectivity index (χ1v) is 8.18. The molecule has 2 rings (SSSR count). The van der Waals surface area contributed by atoms with Crippen LogP contribution in [0.1, 0.15) is 5.56 Å². The zero-order valence-corrected chi connectivity index (χ0v) is 15.5. The van der Waals surface area contributed by atoms with Crippen molar-refractivity contribution in [1.29, 1.82) is 0 Å². The average molecular weight is 389 g/mol. The quantitative estimate of drug-likeness (QED) is 0.674. The highest BCUT2D eigenvalue weighted by molar-refractivity contribution is 6.43. The molecule has 4 nitrogen and oxygen atoms in total. The van der Waals surface area contributed by atoms with Crippen LogP contribution in [0.25, 0.3) is 0 Å². The highest BCUT2D eigenvalue weighted by atomic mass is 35.5. The summed E-state index contributed by atoms with van der Waals surface area (Å²) < 4.78 is 10.6. The fourth-order valence-corrected chi connectivity index (χ4v) is 2.59. The molecule has 0 N–H and O–H groups in total. The van der Waals surface area contributed by atoms with E-state index >= 15 is 0 Å². The molecule has 0 radical (unpaired) electrons. The number of hydrogen-bond donors (Lipinski definition) is 0. The Morgan fingerprint density at radius 1 is 1.08 bits per heavy atom. The van der Waals surface area contributed by atoms with Crippen LogP contribution in [0.3, 0.4) is 0 Å². The SMILES string of the molecule is COc1cccc(CN(C)C(=O)COc2cc(Cl)c(Cl)cc2Cl)c1. The van der Waals surface area contributed by atoms with Crippen molar-refractivity contribution >= 4 is 40.7 Å². The first-order chi connectivity index (χ1) is 11.4. The van der Waals surface area contributed by atoms with Gasteiger partial charge in [0.1, 0.15) is 11.5 Å². The molecule has 7 heteroatoms. The zero-order valence-electron chi connectivity index (χ0n) is 13.2. The molecular weight excluding hydrogens is 373 g/mol. The second-order valence-corrected chi connectivity index (χ2v) is 6.31. The van der Waals surface area contributed by atoms with Crippen LogP contribution in [0.15, 0.2) is 36.4 Å². The predicted octanol–water partition coefficient (Wildman–Crippen LogP) is 4.69. The van der Waals surface area contributed by atoms with E-state index in [4.69, 9.17) is 44.3 Å². The molecule has 0 unspecified atom stereocenters. The van der Waals surface area contributed by atoms with Gasteiger partial charge in [0.2, 0.25) is 0 Å². The molecule has 0 spiro atoms. The molecule has 0 saturated heterocycles. The summed E-state index contributed by atoms with van der Waals surface area (Å²) >= 11 is 17.8. The van der Waals surface area contributed by atoms with Crippen molar-refractivity contribution < 1.29 is 14.3 Å². The maximum absolute atomic E-state index is 12.2. The number of carbonyl (C=O) groups is 1. The van der Waals surface area contributed by atoms with Crippen LogP contribution in [-0.4, -0.2) is 31.6 Å². The molecule has 2 aromatic rings. The second kappa shape index (κ2) is 8.47. The number of rotatable bonds is 6. The Labute approximate surface area is 155 Å². The summed E-state index contributed by atoms with van der Waals surface area (Å²) in [6.07, 6.45) is 0. The van der Waals surface area contributed by atoms with Gasteiger partial charge in [0.15, 0.2) is 6.61 Å². The minimum absolute atomic E-state index is 0.155. The first kappa shape index (κ1) is 18.7. The van der Waals surface area contributed by atoms with E-state index in [1.54, 1.807) is 19.1 Å². The standard InChI is InChI=1S/C17H16Cl3NO3/c1-21(9-11-4-3-5-12(6-11)23-2)17(22)10-24-16-8-14(19)13(18)7-15(16)20/h3-8H,9-10H2,1-2H3. The lowest BCUT2D eigenvalue weighted by Gasteiger charge is -2.18. The van der Waals surface area contributed by atoms with Crippen molar-refractivity contribution in [3.8, 4) is 11.5 Å². The fourth-order valence-electron chi connectivity index (χ4n) is 2.00. The van der Waals surface area contributed by atoms with Crippen LogP contribution in [-0.2, 0) is 11.3 Å². The molecule has 0 saturated carbocycles. The number of amides is 1. The molecule has 0 aromatic heterocycles. The molecule has 0 aliphatic heterocycles. The molecule has 0 aliphatic carbocycles. The fraction of sp³-hybridized carbons (Fsp3) is 0.235. The second-order valence-electron chi connectivity index (χ2n) is 5.09. The van der Waals surface area contributed by atoms with Crippen molar-refractivity contribution in [2.45, 2.75) is 6.54 Å². The normalized spacial score (nSPS) is 10.4. The van der Waals surface area contributed by atoms with Crippen LogP contribution < -0.4 is 9.47 Å². The van der Waals surface area contributed by atoms with E-state index in [1.807, 2.05) is 24.3 Å². The van der Waals surface area contributed by atoms with E-state index in [1.165, 1.54) is 12.1 Å². The maximum Gasteiger partial charge on any atom is 0.260 e. The van der Waals surface area contributed by atoms with Crippen molar-refractivity contribution in [3.63, 3.8) is 0 Å². The molecule has 24 heavy (non-hydrogen) atoms. The van der Waals surface area contributed by atoms with Gasteiger partial charge in [0.25, 0.3) is 5.91 Å². The number of methoxy groups -OCH3 is 1. The Hall–Kier alpha value is -1.62. The first-order valence-electron chi connectivity index (χ1n) is 7.05. The van der Waals surface area contributed by atoms with Crippen molar-refractivity contribution in [1.82, 2.24) is 4.90 Å². The van der Waals surface area contributed by atoms with Gasteiger partial charge in [-0.05, 0) is 23.8 Å². The largest absolute Gasteiger partial charge is 0.497 e. The Balaban J connectivity index is 1.95. The van der Waals surface area contributed by atoms with Gasteiger partial charge in [-0.3, -0.25) is 4.79 Å². The van der Waals surface area contributed by atoms with Gasteiger partial charge in [-0.1, -0.05) is 46.9 Å². The minimum atomic E-state index is -0.194. The molecule has 0 heterocycles. The number of nitrogens with zero attached hydrogens (tertiary/aromatic N) is 1. The Kier molecular flexibility index (Phi) is 6.60. The summed E-state index contributed by atoms with van der Waals surface area (Å²) in [6, 6.07) is 10.5. The van der Waals surface area contributed by atoms with Gasteiger partial charge in [-0.15, -0.1) is 0 Å². The Morgan fingerprint density at radius 2 is 1.79 bits per heavy atom. The number of benzene rings is 2. The predicted molar refractivity (Wildman–Crippen MR) is 96.4 cm³/mol. The van der Waals surface area contributed by atoms with Gasteiger partial charge in [0, 0.05) is 19.7 Å². The third kappa shape index (κ3) is 4.94. The summed E-state index contributed by atoms with van der Waals surface area (Å²) in [6.45, 7) is 0.284. The summed E-state index contributed by atoms with van der Waals surface area (Å²) in [5.41, 5.74) is 0.956. The molecule has 2 aromatic carbocycles. The summed E-state index contributed by atoms with van der Waals surface area (Å²) in [7, 11) is 3.30. The highest BCUT2D eigenvalue weighted by Gasteiger charge is 2.13. The van der Waals surface area contributed by atoms with Crippen molar-refractivity contribution in [2.24, 2.45) is 0 Å². The molecular formula is C17H16Cl3NO3. The Morgan fingerprint density at radius 3 is 2.50 bits per heavy atom. The lowest BCUT2D eigenvalue weighted by Crippen LogP contribution is -2.31. The number of ether oxygens (including phenoxy) is 2. The summed E-state index contributed by atoms with van der Waals surface area (Å²) in [4.78, 5) is 13.8. The van der Waals surface area contributed by atoms with Gasteiger partial charge >= 0.3 is 0 Å². The van der Waals surface area contributed by atoms with Crippen molar-refractivity contribution in [2.75, 3.05) is 20.8 Å². The summed E-state index contributed by atoms with van der Waals surface area (Å²) in [5, 5.41) is 0.941. The Bertz CT molecular complexity index is 737. The third-order valence-corrected chi connectivity index (χ3v) is 4.32. The third-order valence-electron chi connectivity index (χ3n) is 3.31. The van der Waals surface area contributed by atoms with Gasteiger partial charge in [-0.2, -0.15) is 0 Å². The summed E-state index contributed by atoms with van der Waals surface area (Å²) in [5.74, 6) is 0.862. The van der Waals surface area contributed by atoms with Crippen LogP contribution in [0, 0.1) is 0 Å². The van der Waals surface area contributed by atoms with Crippen LogP contribution in [0.2, 0.25) is 15.1 Å². The lowest BCUT2D eigenvalue weighted by molar-refractivity contribution is -0.132. The minimum Gasteiger partial charge on any atom is -0.497 e. The average Bonchev–Trinajstić information content (AvgIpc) is 2.56. The molecule has 0 fully saturated rings. The van der Waals surface area contributed by atoms with E-state index in [0.29, 0.717) is 27.4 Å². The van der Waals surface area contributed by atoms with E-state index in [9.17, 15) is 4.79 Å². The highest BCUT2D eigenvalue weighted by Crippen LogP contribution is 2.33. The van der Waals surface area contributed by atoms with E-state index in [-0.39, 0.29) is 12.5 Å². The molecule has 128 valence electrons. The zero-order chi connectivity index (χ0) is 17.7. The van der Waals surface area contributed by atoms with Gasteiger partial charge in [-0.25, -0.2) is 0 Å². The number of carbonyl (C=O) groups excluding carboxylic acids is 1. The topological polar surface area (TPSA) is 38.8 Å². The van der Waals surface area contributed by atoms with E-state index in [0.717, 1.165) is 11.3 Å². The molecule has 1 amide bonds. The van der Waals surface area contributed by atoms with Crippen molar-refractivity contribution in [3.05, 3.63) is 57.0 Å². The van der Waals surface area contributed by atoms with Crippen LogP contribution >= 0.6 is 34.8 Å². The molecule has 0 aliphatic rings. The number of likely N-dealkylation sites (N-methyl/N-ethyl adjacent to an activating group) is 1. The van der Waals surface area contributed by atoms with Gasteiger partial charge in [0.05, 0.1) is 22.2 Å². The smallest absolute Gasteiger partial charge is 0.260 e. The van der Waals surface area contributed by atoms with E-state index < -0.39 is 0 Å². The lowest BCUT2D eigenvalue weighted by atomic mass is 10.2. The number of hydrogen-bond acceptors (Lipinski definition) is 3. The van der Waals surface area contributed by atoms with Gasteiger partial charge < -0.3 is 14.4 Å².